The van der Waals surface area contributed by atoms with Gasteiger partial charge in [0.2, 0.25) is 0 Å². The molecule has 34 heavy (non-hydrogen) atoms. The van der Waals surface area contributed by atoms with Gasteiger partial charge in [-0.2, -0.15) is 18.4 Å². The Bertz CT molecular complexity index is 1340. The van der Waals surface area contributed by atoms with Crippen LogP contribution < -0.4 is 15.0 Å². The molecule has 0 aliphatic carbocycles. The maximum atomic E-state index is 13.4. The minimum atomic E-state index is -4.57. The third-order valence-corrected chi connectivity index (χ3v) is 5.18. The molecule has 6 nitrogen and oxygen atoms in total. The third kappa shape index (κ3) is 4.21. The van der Waals surface area contributed by atoms with Crippen LogP contribution in [0.5, 0.6) is 5.75 Å². The number of nitrogens with zero attached hydrogens (tertiary/aromatic N) is 2. The van der Waals surface area contributed by atoms with Gasteiger partial charge in [0.15, 0.2) is 0 Å². The van der Waals surface area contributed by atoms with Crippen molar-refractivity contribution in [2.75, 3.05) is 17.3 Å². The van der Waals surface area contributed by atoms with E-state index in [1.54, 1.807) is 24.3 Å². The highest BCUT2D eigenvalue weighted by molar-refractivity contribution is 6.46. The van der Waals surface area contributed by atoms with Crippen molar-refractivity contribution in [1.82, 2.24) is 0 Å². The number of carbonyl (C=O) groups is 2. The van der Waals surface area contributed by atoms with Crippen LogP contribution in [0.4, 0.5) is 24.5 Å². The lowest BCUT2D eigenvalue weighted by Gasteiger charge is -2.15. The van der Waals surface area contributed by atoms with Crippen LogP contribution >= 0.6 is 0 Å². The number of hydrogen-bond acceptors (Lipinski definition) is 5. The molecular formula is C25H16F3N3O3. The summed E-state index contributed by atoms with van der Waals surface area (Å²) in [7, 11) is 1.48. The number of nitrogens with one attached hydrogen (secondary N) is 1. The van der Waals surface area contributed by atoms with Crippen molar-refractivity contribution in [3.8, 4) is 11.8 Å². The smallest absolute Gasteiger partial charge is 0.416 e. The predicted molar refractivity (Wildman–Crippen MR) is 119 cm³/mol. The van der Waals surface area contributed by atoms with Gasteiger partial charge < -0.3 is 10.1 Å². The quantitative estimate of drug-likeness (QED) is 0.540. The Hall–Kier alpha value is -4.58. The maximum absolute atomic E-state index is 13.4. The largest absolute Gasteiger partial charge is 0.497 e. The van der Waals surface area contributed by atoms with Crippen molar-refractivity contribution in [2.24, 2.45) is 0 Å². The molecule has 1 aliphatic heterocycles. The van der Waals surface area contributed by atoms with Gasteiger partial charge in [-0.15, -0.1) is 0 Å². The van der Waals surface area contributed by atoms with Crippen molar-refractivity contribution in [2.45, 2.75) is 6.18 Å². The molecule has 0 radical (unpaired) electrons. The van der Waals surface area contributed by atoms with Crippen LogP contribution in [0.25, 0.3) is 5.57 Å². The van der Waals surface area contributed by atoms with E-state index in [2.05, 4.69) is 5.32 Å². The predicted octanol–water partition coefficient (Wildman–Crippen LogP) is 4.98. The van der Waals surface area contributed by atoms with Gasteiger partial charge >= 0.3 is 6.18 Å². The Kier molecular flexibility index (Phi) is 5.82. The molecule has 0 spiro atoms. The molecule has 0 fully saturated rings. The van der Waals surface area contributed by atoms with Crippen LogP contribution in [0.1, 0.15) is 16.7 Å². The number of carbonyl (C=O) groups excluding carboxylic acids is 2. The number of anilines is 2. The van der Waals surface area contributed by atoms with Gasteiger partial charge in [-0.25, -0.2) is 4.90 Å². The van der Waals surface area contributed by atoms with Crippen LogP contribution in [0, 0.1) is 11.3 Å². The monoisotopic (exact) mass is 463 g/mol. The number of imide groups is 1. The van der Waals surface area contributed by atoms with Gasteiger partial charge in [0.1, 0.15) is 11.4 Å². The number of nitriles is 1. The topological polar surface area (TPSA) is 82.4 Å². The average Bonchev–Trinajstić information content (AvgIpc) is 3.08. The van der Waals surface area contributed by atoms with E-state index in [0.29, 0.717) is 16.9 Å². The zero-order valence-corrected chi connectivity index (χ0v) is 17.7. The molecule has 4 rings (SSSR count). The molecule has 0 bridgehead atoms. The molecule has 170 valence electrons. The second kappa shape index (κ2) is 8.75. The van der Waals surface area contributed by atoms with Gasteiger partial charge in [0.25, 0.3) is 11.8 Å². The summed E-state index contributed by atoms with van der Waals surface area (Å²) >= 11 is 0. The molecule has 3 aromatic carbocycles. The number of methoxy groups -OCH3 is 1. The van der Waals surface area contributed by atoms with E-state index in [4.69, 9.17) is 10.00 Å². The number of hydrogen-bond donors (Lipinski definition) is 1. The summed E-state index contributed by atoms with van der Waals surface area (Å²) in [5, 5.41) is 11.7. The van der Waals surface area contributed by atoms with Crippen molar-refractivity contribution < 1.29 is 27.5 Å². The number of halogens is 3. The summed E-state index contributed by atoms with van der Waals surface area (Å²) in [6, 6.07) is 18.5. The summed E-state index contributed by atoms with van der Waals surface area (Å²) in [5.74, 6) is -0.871. The van der Waals surface area contributed by atoms with Crippen molar-refractivity contribution in [3.63, 3.8) is 0 Å². The first-order valence-electron chi connectivity index (χ1n) is 9.95. The second-order valence-corrected chi connectivity index (χ2v) is 7.29. The Labute approximate surface area is 192 Å². The first-order valence-corrected chi connectivity index (χ1v) is 9.95. The zero-order valence-electron chi connectivity index (χ0n) is 17.7. The maximum Gasteiger partial charge on any atom is 0.416 e. The van der Waals surface area contributed by atoms with E-state index in [1.807, 2.05) is 6.07 Å². The lowest BCUT2D eigenvalue weighted by atomic mass is 10.0. The number of ether oxygens (including phenoxy) is 1. The van der Waals surface area contributed by atoms with E-state index in [-0.39, 0.29) is 22.6 Å². The molecule has 9 heteroatoms. The first kappa shape index (κ1) is 22.6. The van der Waals surface area contributed by atoms with Crippen LogP contribution in [0.2, 0.25) is 0 Å². The molecule has 0 saturated carbocycles. The molecular weight excluding hydrogens is 447 g/mol. The average molecular weight is 463 g/mol. The molecule has 1 heterocycles. The molecule has 0 unspecified atom stereocenters. The molecule has 1 aliphatic rings. The molecule has 0 saturated heterocycles. The van der Waals surface area contributed by atoms with E-state index in [9.17, 15) is 22.8 Å². The highest BCUT2D eigenvalue weighted by Gasteiger charge is 2.40. The van der Waals surface area contributed by atoms with Gasteiger partial charge in [-0.05, 0) is 60.2 Å². The standard InChI is InChI=1S/C25H16F3N3O3/c1-34-20-11-7-16(8-12-20)21-22(30-18-4-2-3-17(13-18)25(26,27)28)24(33)31(23(21)32)19-9-5-15(14-29)6-10-19/h2-13,30H,1H3. The van der Waals surface area contributed by atoms with Gasteiger partial charge in [0.05, 0.1) is 35.6 Å². The van der Waals surface area contributed by atoms with Crippen molar-refractivity contribution >= 4 is 28.8 Å². The number of amides is 2. The number of benzene rings is 3. The fourth-order valence-corrected chi connectivity index (χ4v) is 3.51. The fourth-order valence-electron chi connectivity index (χ4n) is 3.51. The lowest BCUT2D eigenvalue weighted by Crippen LogP contribution is -2.32. The summed E-state index contributed by atoms with van der Waals surface area (Å²) in [6.07, 6.45) is -4.57. The highest BCUT2D eigenvalue weighted by Crippen LogP contribution is 2.36. The number of alkyl halides is 3. The molecule has 0 atom stereocenters. The van der Waals surface area contributed by atoms with E-state index < -0.39 is 23.6 Å². The Morgan fingerprint density at radius 2 is 1.62 bits per heavy atom. The Morgan fingerprint density at radius 3 is 2.21 bits per heavy atom. The molecule has 3 aromatic rings. The summed E-state index contributed by atoms with van der Waals surface area (Å²) in [6.45, 7) is 0. The van der Waals surface area contributed by atoms with E-state index in [1.165, 1.54) is 43.5 Å². The van der Waals surface area contributed by atoms with Gasteiger partial charge in [-0.1, -0.05) is 18.2 Å². The fraction of sp³-hybridized carbons (Fsp3) is 0.0800. The van der Waals surface area contributed by atoms with Crippen LogP contribution in [-0.2, 0) is 15.8 Å². The number of rotatable bonds is 5. The normalized spacial score (nSPS) is 13.8. The Balaban J connectivity index is 1.80. The van der Waals surface area contributed by atoms with Crippen LogP contribution in [0.3, 0.4) is 0 Å². The van der Waals surface area contributed by atoms with E-state index in [0.717, 1.165) is 17.0 Å². The third-order valence-electron chi connectivity index (χ3n) is 5.18. The van der Waals surface area contributed by atoms with E-state index >= 15 is 0 Å². The van der Waals surface area contributed by atoms with Crippen LogP contribution in [-0.4, -0.2) is 18.9 Å². The lowest BCUT2D eigenvalue weighted by molar-refractivity contribution is -0.137. The first-order chi connectivity index (χ1) is 16.2. The van der Waals surface area contributed by atoms with Gasteiger partial charge in [-0.3, -0.25) is 9.59 Å². The van der Waals surface area contributed by atoms with Gasteiger partial charge in [0, 0.05) is 5.69 Å². The molecule has 1 N–H and O–H groups in total. The Morgan fingerprint density at radius 1 is 0.941 bits per heavy atom. The highest BCUT2D eigenvalue weighted by atomic mass is 19.4. The van der Waals surface area contributed by atoms with Crippen LogP contribution in [0.15, 0.2) is 78.5 Å². The molecule has 0 aromatic heterocycles. The summed E-state index contributed by atoms with van der Waals surface area (Å²) < 4.78 is 44.7. The summed E-state index contributed by atoms with van der Waals surface area (Å²) in [5.41, 5.74) is -0.129. The molecule has 2 amide bonds. The van der Waals surface area contributed by atoms with Crippen molar-refractivity contribution in [1.29, 1.82) is 5.26 Å². The minimum absolute atomic E-state index is 0.00124. The van der Waals surface area contributed by atoms with Crippen molar-refractivity contribution in [3.05, 3.63) is 95.2 Å². The zero-order chi connectivity index (χ0) is 24.5. The second-order valence-electron chi connectivity index (χ2n) is 7.29. The minimum Gasteiger partial charge on any atom is -0.497 e. The SMILES string of the molecule is COc1ccc(C2=C(Nc3cccc(C(F)(F)F)c3)C(=O)N(c3ccc(C#N)cc3)C2=O)cc1. The summed E-state index contributed by atoms with van der Waals surface area (Å²) in [4.78, 5) is 27.6.